The maximum absolute atomic E-state index is 13.5. The van der Waals surface area contributed by atoms with Gasteiger partial charge in [-0.1, -0.05) is 17.7 Å². The third kappa shape index (κ3) is 5.44. The van der Waals surface area contributed by atoms with Gasteiger partial charge in [-0.15, -0.1) is 6.58 Å². The number of aromatic nitrogens is 1. The largest absolute Gasteiger partial charge is 0.423 e. The van der Waals surface area contributed by atoms with Crippen molar-refractivity contribution in [3.63, 3.8) is 0 Å². The van der Waals surface area contributed by atoms with Crippen LogP contribution in [-0.4, -0.2) is 41.0 Å². The normalized spacial score (nSPS) is 17.1. The van der Waals surface area contributed by atoms with E-state index in [1.807, 2.05) is 26.8 Å². The first-order valence-electron chi connectivity index (χ1n) is 11.1. The number of fused-ring (bicyclic) bond motifs is 1. The Morgan fingerprint density at radius 3 is 2.56 bits per heavy atom. The second kappa shape index (κ2) is 9.53. The maximum atomic E-state index is 13.5. The molecule has 7 nitrogen and oxygen atoms in total. The molecule has 1 aromatic heterocycles. The Balaban J connectivity index is 1.83. The third-order valence-corrected chi connectivity index (χ3v) is 6.07. The lowest BCUT2D eigenvalue weighted by Gasteiger charge is -2.45. The van der Waals surface area contributed by atoms with E-state index in [2.05, 4.69) is 27.1 Å². The molecule has 0 spiro atoms. The molecule has 32 heavy (non-hydrogen) atoms. The highest BCUT2D eigenvalue weighted by Gasteiger charge is 2.47. The quantitative estimate of drug-likeness (QED) is 0.596. The highest BCUT2D eigenvalue weighted by molar-refractivity contribution is 6.31. The summed E-state index contributed by atoms with van der Waals surface area (Å²) >= 11 is 6.06. The number of anilines is 1. The summed E-state index contributed by atoms with van der Waals surface area (Å²) in [5.41, 5.74) is 0.0102. The smallest absolute Gasteiger partial charge is 0.298 e. The molecule has 0 aliphatic carbocycles. The van der Waals surface area contributed by atoms with Crippen LogP contribution in [0.5, 0.6) is 0 Å². The summed E-state index contributed by atoms with van der Waals surface area (Å²) in [6.45, 7) is 12.5. The molecule has 1 unspecified atom stereocenters. The van der Waals surface area contributed by atoms with E-state index >= 15 is 0 Å². The van der Waals surface area contributed by atoms with Crippen LogP contribution in [0.3, 0.4) is 0 Å². The van der Waals surface area contributed by atoms with Gasteiger partial charge in [0, 0.05) is 36.6 Å². The molecular formula is C24H33ClN4O3. The lowest BCUT2D eigenvalue weighted by molar-refractivity contribution is -0.137. The van der Waals surface area contributed by atoms with E-state index in [1.165, 1.54) is 6.92 Å². The topological polar surface area (TPSA) is 87.5 Å². The minimum Gasteiger partial charge on any atom is -0.423 e. The molecule has 2 heterocycles. The van der Waals surface area contributed by atoms with Crippen LogP contribution >= 0.6 is 11.6 Å². The van der Waals surface area contributed by atoms with Gasteiger partial charge in [-0.2, -0.15) is 4.98 Å². The van der Waals surface area contributed by atoms with E-state index in [0.717, 1.165) is 5.52 Å². The van der Waals surface area contributed by atoms with Crippen LogP contribution in [0.1, 0.15) is 53.4 Å². The number of hydrogen-bond donors (Lipinski definition) is 2. The van der Waals surface area contributed by atoms with Crippen molar-refractivity contribution in [2.45, 2.75) is 64.5 Å². The number of rotatable bonds is 7. The van der Waals surface area contributed by atoms with Gasteiger partial charge in [0.2, 0.25) is 11.8 Å². The Labute approximate surface area is 194 Å². The number of amides is 2. The first-order chi connectivity index (χ1) is 15.0. The number of carbonyl (C=O) groups is 2. The van der Waals surface area contributed by atoms with E-state index in [0.29, 0.717) is 55.4 Å². The van der Waals surface area contributed by atoms with Gasteiger partial charge in [0.25, 0.3) is 6.01 Å². The van der Waals surface area contributed by atoms with Gasteiger partial charge in [-0.25, -0.2) is 0 Å². The fraction of sp³-hybridized carbons (Fsp3) is 0.542. The fourth-order valence-electron chi connectivity index (χ4n) is 4.41. The van der Waals surface area contributed by atoms with Crippen LogP contribution in [0.25, 0.3) is 11.1 Å². The van der Waals surface area contributed by atoms with Gasteiger partial charge < -0.3 is 20.0 Å². The molecular weight excluding hydrogens is 428 g/mol. The summed E-state index contributed by atoms with van der Waals surface area (Å²) in [5.74, 6) is -0.378. The van der Waals surface area contributed by atoms with Crippen molar-refractivity contribution < 1.29 is 14.0 Å². The second-order valence-corrected chi connectivity index (χ2v) is 9.99. The zero-order valence-corrected chi connectivity index (χ0v) is 20.1. The molecule has 174 valence electrons. The Kier molecular flexibility index (Phi) is 7.18. The van der Waals surface area contributed by atoms with Gasteiger partial charge in [-0.05, 0) is 64.5 Å². The van der Waals surface area contributed by atoms with Crippen LogP contribution < -0.4 is 15.5 Å². The zero-order valence-electron chi connectivity index (χ0n) is 19.3. The van der Waals surface area contributed by atoms with Crippen molar-refractivity contribution in [3.05, 3.63) is 35.9 Å². The molecule has 1 saturated heterocycles. The van der Waals surface area contributed by atoms with E-state index < -0.39 is 11.1 Å². The van der Waals surface area contributed by atoms with Crippen molar-refractivity contribution in [1.29, 1.82) is 0 Å². The van der Waals surface area contributed by atoms with E-state index in [-0.39, 0.29) is 17.7 Å². The number of piperidine rings is 1. The van der Waals surface area contributed by atoms with Crippen molar-refractivity contribution >= 4 is 40.5 Å². The average molecular weight is 461 g/mol. The Bertz CT molecular complexity index is 989. The number of benzene rings is 1. The monoisotopic (exact) mass is 460 g/mol. The number of carbonyl (C=O) groups excluding carboxylic acids is 2. The van der Waals surface area contributed by atoms with Crippen LogP contribution in [0, 0.1) is 5.92 Å². The summed E-state index contributed by atoms with van der Waals surface area (Å²) in [4.78, 5) is 32.4. The number of halogens is 1. The highest BCUT2D eigenvalue weighted by Crippen LogP contribution is 2.35. The van der Waals surface area contributed by atoms with Crippen molar-refractivity contribution in [3.8, 4) is 0 Å². The van der Waals surface area contributed by atoms with Crippen molar-refractivity contribution in [1.82, 2.24) is 15.6 Å². The Morgan fingerprint density at radius 1 is 1.28 bits per heavy atom. The third-order valence-electron chi connectivity index (χ3n) is 5.84. The van der Waals surface area contributed by atoms with Crippen LogP contribution in [0.4, 0.5) is 6.01 Å². The van der Waals surface area contributed by atoms with Gasteiger partial charge in [0.05, 0.1) is 0 Å². The summed E-state index contributed by atoms with van der Waals surface area (Å²) in [7, 11) is 0. The van der Waals surface area contributed by atoms with Gasteiger partial charge in [0.15, 0.2) is 5.58 Å². The first-order valence-corrected chi connectivity index (χ1v) is 11.4. The van der Waals surface area contributed by atoms with Crippen molar-refractivity contribution in [2.75, 3.05) is 18.0 Å². The van der Waals surface area contributed by atoms with E-state index in [4.69, 9.17) is 16.0 Å². The molecule has 2 amide bonds. The summed E-state index contributed by atoms with van der Waals surface area (Å²) < 4.78 is 5.92. The molecule has 0 bridgehead atoms. The lowest BCUT2D eigenvalue weighted by Crippen LogP contribution is -2.66. The summed E-state index contributed by atoms with van der Waals surface area (Å²) in [6, 6.07) is 5.94. The molecule has 1 aliphatic rings. The van der Waals surface area contributed by atoms with Crippen LogP contribution in [0.15, 0.2) is 35.3 Å². The molecule has 2 N–H and O–H groups in total. The highest BCUT2D eigenvalue weighted by atomic mass is 35.5. The minimum atomic E-state index is -0.992. The standard InChI is InChI=1S/C24H33ClN4O3/c1-6-7-12-24(27-16(2)30,21(31)28-23(3,4)5)17-10-13-29(14-11-17)22-26-19-9-8-18(25)15-20(19)32-22/h6,8-9,15,17H,1,7,10-14H2,2-5H3,(H,27,30)(H,28,31). The molecule has 1 aliphatic heterocycles. The number of nitrogens with one attached hydrogen (secondary N) is 2. The summed E-state index contributed by atoms with van der Waals surface area (Å²) in [5, 5.41) is 6.73. The molecule has 0 radical (unpaired) electrons. The number of oxazole rings is 1. The number of nitrogens with zero attached hydrogens (tertiary/aromatic N) is 2. The van der Waals surface area contributed by atoms with Gasteiger partial charge >= 0.3 is 0 Å². The maximum Gasteiger partial charge on any atom is 0.298 e. The Morgan fingerprint density at radius 2 is 1.97 bits per heavy atom. The fourth-order valence-corrected chi connectivity index (χ4v) is 4.57. The Hall–Kier alpha value is -2.54. The second-order valence-electron chi connectivity index (χ2n) is 9.55. The number of allylic oxidation sites excluding steroid dienone is 1. The van der Waals surface area contributed by atoms with Crippen LogP contribution in [0.2, 0.25) is 5.02 Å². The van der Waals surface area contributed by atoms with Gasteiger partial charge in [-0.3, -0.25) is 9.59 Å². The lowest BCUT2D eigenvalue weighted by atomic mass is 9.73. The average Bonchev–Trinajstić information content (AvgIpc) is 3.13. The molecule has 1 atom stereocenters. The predicted molar refractivity (Wildman–Crippen MR) is 128 cm³/mol. The van der Waals surface area contributed by atoms with E-state index in [9.17, 15) is 9.59 Å². The van der Waals surface area contributed by atoms with E-state index in [1.54, 1.807) is 18.2 Å². The zero-order chi connectivity index (χ0) is 23.5. The molecule has 1 fully saturated rings. The first kappa shape index (κ1) is 24.1. The number of hydrogen-bond acceptors (Lipinski definition) is 5. The summed E-state index contributed by atoms with van der Waals surface area (Å²) in [6.07, 6.45) is 4.36. The van der Waals surface area contributed by atoms with Crippen molar-refractivity contribution in [2.24, 2.45) is 5.92 Å². The molecule has 8 heteroatoms. The minimum absolute atomic E-state index is 0.0243. The molecule has 0 saturated carbocycles. The molecule has 1 aromatic carbocycles. The molecule has 2 aromatic rings. The van der Waals surface area contributed by atoms with Crippen LogP contribution in [-0.2, 0) is 9.59 Å². The SMILES string of the molecule is C=CCCC(NC(C)=O)(C(=O)NC(C)(C)C)C1CCN(c2nc3ccc(Cl)cc3o2)CC1. The van der Waals surface area contributed by atoms with Gasteiger partial charge in [0.1, 0.15) is 11.1 Å². The predicted octanol–water partition coefficient (Wildman–Crippen LogP) is 4.45. The molecule has 3 rings (SSSR count).